The number of carbonyl (C=O) groups is 1. The molecule has 0 fully saturated rings. The van der Waals surface area contributed by atoms with Crippen LogP contribution in [0.1, 0.15) is 46.7 Å². The van der Waals surface area contributed by atoms with Crippen molar-refractivity contribution in [3.8, 4) is 5.75 Å². The van der Waals surface area contributed by atoms with E-state index in [1.807, 2.05) is 72.8 Å². The van der Waals surface area contributed by atoms with E-state index in [0.717, 1.165) is 11.2 Å². The van der Waals surface area contributed by atoms with Crippen molar-refractivity contribution in [2.45, 2.75) is 32.4 Å². The molecule has 0 saturated carbocycles. The van der Waals surface area contributed by atoms with Crippen molar-refractivity contribution < 1.29 is 14.6 Å². The van der Waals surface area contributed by atoms with Crippen molar-refractivity contribution in [3.05, 3.63) is 107 Å². The second-order valence-electron chi connectivity index (χ2n) is 8.58. The van der Waals surface area contributed by atoms with Gasteiger partial charge in [-0.25, -0.2) is 4.98 Å². The highest BCUT2D eigenvalue weighted by Crippen LogP contribution is 2.40. The molecule has 4 aromatic heterocycles. The Hall–Kier alpha value is -4.50. The van der Waals surface area contributed by atoms with E-state index >= 15 is 0 Å². The number of amides is 1. The van der Waals surface area contributed by atoms with Crippen molar-refractivity contribution in [3.63, 3.8) is 0 Å². The van der Waals surface area contributed by atoms with Crippen LogP contribution in [0.2, 0.25) is 0 Å². The van der Waals surface area contributed by atoms with Crippen LogP contribution in [0.5, 0.6) is 5.75 Å². The average Bonchev–Trinajstić information content (AvgIpc) is 3.56. The van der Waals surface area contributed by atoms with Crippen LogP contribution in [0.15, 0.2) is 79.4 Å². The van der Waals surface area contributed by atoms with Gasteiger partial charge < -0.3 is 14.2 Å². The Kier molecular flexibility index (Phi) is 6.45. The van der Waals surface area contributed by atoms with Gasteiger partial charge in [-0.3, -0.25) is 19.8 Å². The van der Waals surface area contributed by atoms with Crippen molar-refractivity contribution in [1.29, 1.82) is 0 Å². The molecule has 188 valence electrons. The first-order valence-electron chi connectivity index (χ1n) is 12.1. The third-order valence-corrected chi connectivity index (χ3v) is 6.48. The Bertz CT molecular complexity index is 1500. The Morgan fingerprint density at radius 1 is 1.08 bits per heavy atom. The van der Waals surface area contributed by atoms with Crippen LogP contribution in [0.4, 0.5) is 5.95 Å². The first-order valence-corrected chi connectivity index (χ1v) is 12.1. The normalized spacial score (nSPS) is 12.9. The van der Waals surface area contributed by atoms with E-state index in [1.165, 1.54) is 7.11 Å². The number of hydrogen-bond donors (Lipinski definition) is 2. The Balaban J connectivity index is 1.68. The number of nitrogens with one attached hydrogen (secondary N) is 1. The lowest BCUT2D eigenvalue weighted by atomic mass is 9.82. The summed E-state index contributed by atoms with van der Waals surface area (Å²) in [5.41, 5.74) is 2.32. The number of ether oxygens (including phenoxy) is 1. The number of fused-ring (bicyclic) bond motifs is 1. The van der Waals surface area contributed by atoms with Crippen LogP contribution in [-0.2, 0) is 18.6 Å². The topological polar surface area (TPSA) is 107 Å². The van der Waals surface area contributed by atoms with E-state index < -0.39 is 11.5 Å². The predicted octanol–water partition coefficient (Wildman–Crippen LogP) is 4.05. The number of anilines is 1. The van der Waals surface area contributed by atoms with Gasteiger partial charge in [0, 0.05) is 41.8 Å². The molecule has 5 aromatic rings. The van der Waals surface area contributed by atoms with Gasteiger partial charge in [0.05, 0.1) is 18.4 Å². The number of methoxy groups -OCH3 is 1. The molecule has 2 N–H and O–H groups in total. The van der Waals surface area contributed by atoms with Gasteiger partial charge in [-0.15, -0.1) is 5.10 Å². The number of aryl methyl sites for hydroxylation is 2. The second kappa shape index (κ2) is 9.87. The number of benzene rings is 1. The van der Waals surface area contributed by atoms with E-state index in [1.54, 1.807) is 29.5 Å². The lowest BCUT2D eigenvalue weighted by Gasteiger charge is -2.29. The highest BCUT2D eigenvalue weighted by atomic mass is 16.5. The molecule has 0 saturated heterocycles. The number of aliphatic hydroxyl groups is 1. The number of carbonyl (C=O) groups excluding carboxylic acids is 1. The van der Waals surface area contributed by atoms with E-state index in [2.05, 4.69) is 20.4 Å². The van der Waals surface area contributed by atoms with Crippen molar-refractivity contribution >= 4 is 17.4 Å². The average molecular weight is 497 g/mol. The molecule has 0 aliphatic carbocycles. The molecular weight excluding hydrogens is 468 g/mol. The third-order valence-electron chi connectivity index (χ3n) is 6.48. The highest BCUT2D eigenvalue weighted by Gasteiger charge is 2.38. The number of pyridine rings is 2. The molecule has 9 heteroatoms. The van der Waals surface area contributed by atoms with E-state index in [0.29, 0.717) is 41.1 Å². The third kappa shape index (κ3) is 4.23. The molecule has 0 spiro atoms. The van der Waals surface area contributed by atoms with Crippen LogP contribution >= 0.6 is 0 Å². The monoisotopic (exact) mass is 496 g/mol. The molecule has 0 aliphatic rings. The minimum Gasteiger partial charge on any atom is -0.496 e. The second-order valence-corrected chi connectivity index (χ2v) is 8.58. The smallest absolute Gasteiger partial charge is 0.263 e. The molecule has 1 aromatic carbocycles. The predicted molar refractivity (Wildman–Crippen MR) is 140 cm³/mol. The standard InChI is InChI=1S/C28H28N6O3/c1-4-23-22(28(36,19-11-7-6-8-12-19)25-13-9-10-14-29-25)15-20-16-24(37-3)21(17-34(20)23)26(35)31-27-30-18-33(5-2)32-27/h6-18,36H,4-5H2,1-3H3,(H,31,32,35). The summed E-state index contributed by atoms with van der Waals surface area (Å²) < 4.78 is 9.13. The zero-order valence-electron chi connectivity index (χ0n) is 20.9. The maximum absolute atomic E-state index is 13.2. The lowest BCUT2D eigenvalue weighted by molar-refractivity contribution is 0.102. The van der Waals surface area contributed by atoms with Crippen LogP contribution in [0, 0.1) is 0 Å². The summed E-state index contributed by atoms with van der Waals surface area (Å²) >= 11 is 0. The zero-order valence-corrected chi connectivity index (χ0v) is 20.9. The molecule has 5 rings (SSSR count). The molecule has 1 amide bonds. The van der Waals surface area contributed by atoms with Crippen molar-refractivity contribution in [2.24, 2.45) is 0 Å². The van der Waals surface area contributed by atoms with Gasteiger partial charge in [0.15, 0.2) is 5.60 Å². The first kappa shape index (κ1) is 24.2. The van der Waals surface area contributed by atoms with Crippen molar-refractivity contribution in [1.82, 2.24) is 24.1 Å². The summed E-state index contributed by atoms with van der Waals surface area (Å²) in [5, 5.41) is 19.3. The molecule has 4 heterocycles. The molecule has 1 atom stereocenters. The molecular formula is C28H28N6O3. The molecule has 0 aliphatic heterocycles. The minimum absolute atomic E-state index is 0.214. The summed E-state index contributed by atoms with van der Waals surface area (Å²) in [6.07, 6.45) is 5.56. The van der Waals surface area contributed by atoms with Gasteiger partial charge in [-0.2, -0.15) is 0 Å². The molecule has 0 radical (unpaired) electrons. The number of nitrogens with zero attached hydrogens (tertiary/aromatic N) is 5. The van der Waals surface area contributed by atoms with Crippen LogP contribution < -0.4 is 10.1 Å². The number of hydrogen-bond acceptors (Lipinski definition) is 6. The minimum atomic E-state index is -1.51. The fraction of sp³-hybridized carbons (Fsp3) is 0.214. The first-order chi connectivity index (χ1) is 18.0. The van der Waals surface area contributed by atoms with Crippen LogP contribution in [0.25, 0.3) is 5.52 Å². The van der Waals surface area contributed by atoms with Gasteiger partial charge in [-0.1, -0.05) is 43.3 Å². The maximum atomic E-state index is 13.2. The fourth-order valence-electron chi connectivity index (χ4n) is 4.64. The maximum Gasteiger partial charge on any atom is 0.263 e. The van der Waals surface area contributed by atoms with Crippen LogP contribution in [-0.4, -0.2) is 42.3 Å². The fourth-order valence-corrected chi connectivity index (χ4v) is 4.64. The molecule has 0 bridgehead atoms. The molecule has 1 unspecified atom stereocenters. The van der Waals surface area contributed by atoms with E-state index in [-0.39, 0.29) is 5.95 Å². The Labute approximate surface area is 214 Å². The van der Waals surface area contributed by atoms with E-state index in [9.17, 15) is 9.90 Å². The zero-order chi connectivity index (χ0) is 26.0. The Morgan fingerprint density at radius 2 is 1.86 bits per heavy atom. The van der Waals surface area contributed by atoms with Gasteiger partial charge in [0.25, 0.3) is 5.91 Å². The lowest BCUT2D eigenvalue weighted by Crippen LogP contribution is -2.30. The highest BCUT2D eigenvalue weighted by molar-refractivity contribution is 6.05. The van der Waals surface area contributed by atoms with Crippen LogP contribution in [0.3, 0.4) is 0 Å². The SMILES string of the molecule is CCc1c(C(O)(c2ccccc2)c2ccccn2)cc2cc(OC)c(C(=O)Nc3ncn(CC)n3)cn12. The summed E-state index contributed by atoms with van der Waals surface area (Å²) in [5.74, 6) is 0.215. The Morgan fingerprint density at radius 3 is 2.51 bits per heavy atom. The summed E-state index contributed by atoms with van der Waals surface area (Å²) in [6, 6.07) is 18.7. The number of rotatable bonds is 8. The summed E-state index contributed by atoms with van der Waals surface area (Å²) in [4.78, 5) is 21.9. The largest absolute Gasteiger partial charge is 0.496 e. The quantitative estimate of drug-likeness (QED) is 0.336. The molecule has 9 nitrogen and oxygen atoms in total. The van der Waals surface area contributed by atoms with Crippen molar-refractivity contribution in [2.75, 3.05) is 12.4 Å². The summed E-state index contributed by atoms with van der Waals surface area (Å²) in [6.45, 7) is 4.60. The van der Waals surface area contributed by atoms with Gasteiger partial charge in [0.1, 0.15) is 12.1 Å². The molecule has 37 heavy (non-hydrogen) atoms. The summed E-state index contributed by atoms with van der Waals surface area (Å²) in [7, 11) is 1.52. The van der Waals surface area contributed by atoms with Gasteiger partial charge in [0.2, 0.25) is 5.95 Å². The van der Waals surface area contributed by atoms with E-state index in [4.69, 9.17) is 4.74 Å². The number of aromatic nitrogens is 5. The van der Waals surface area contributed by atoms with Gasteiger partial charge >= 0.3 is 0 Å². The van der Waals surface area contributed by atoms with Gasteiger partial charge in [-0.05, 0) is 37.1 Å².